The van der Waals surface area contributed by atoms with Crippen LogP contribution < -0.4 is 10.1 Å². The summed E-state index contributed by atoms with van der Waals surface area (Å²) < 4.78 is 5.33. The first kappa shape index (κ1) is 16.6. The zero-order valence-electron chi connectivity index (χ0n) is 15.0. The lowest BCUT2D eigenvalue weighted by Crippen LogP contribution is -2.56. The predicted molar refractivity (Wildman–Crippen MR) is 102 cm³/mol. The first-order valence-corrected chi connectivity index (χ1v) is 9.48. The van der Waals surface area contributed by atoms with Crippen LogP contribution in [0.1, 0.15) is 30.0 Å². The van der Waals surface area contributed by atoms with Crippen LogP contribution >= 0.6 is 0 Å². The largest absolute Gasteiger partial charge is 0.497 e. The Morgan fingerprint density at radius 1 is 1.04 bits per heavy atom. The molecule has 132 valence electrons. The van der Waals surface area contributed by atoms with Gasteiger partial charge < -0.3 is 15.0 Å². The summed E-state index contributed by atoms with van der Waals surface area (Å²) in [5.41, 5.74) is 2.73. The van der Waals surface area contributed by atoms with E-state index < -0.39 is 0 Å². The molecule has 5 rings (SSSR count). The maximum atomic E-state index is 5.33. The Balaban J connectivity index is 1.54. The molecule has 25 heavy (non-hydrogen) atoms. The highest BCUT2D eigenvalue weighted by Gasteiger charge is 2.35. The molecule has 2 atom stereocenters. The third-order valence-electron chi connectivity index (χ3n) is 5.87. The second-order valence-electron chi connectivity index (χ2n) is 7.43. The summed E-state index contributed by atoms with van der Waals surface area (Å²) in [6.45, 7) is 3.77. The molecule has 3 fully saturated rings. The van der Waals surface area contributed by atoms with Gasteiger partial charge >= 0.3 is 0 Å². The summed E-state index contributed by atoms with van der Waals surface area (Å²) >= 11 is 0. The molecule has 0 aromatic heterocycles. The van der Waals surface area contributed by atoms with E-state index in [9.17, 15) is 0 Å². The Morgan fingerprint density at radius 3 is 2.36 bits per heavy atom. The fraction of sp³-hybridized carbons (Fsp3) is 0.455. The molecule has 2 bridgehead atoms. The minimum Gasteiger partial charge on any atom is -0.497 e. The monoisotopic (exact) mass is 336 g/mol. The van der Waals surface area contributed by atoms with Crippen molar-refractivity contribution in [1.29, 1.82) is 0 Å². The van der Waals surface area contributed by atoms with Crippen molar-refractivity contribution < 1.29 is 4.74 Å². The maximum absolute atomic E-state index is 5.33. The predicted octanol–water partition coefficient (Wildman–Crippen LogP) is 3.66. The summed E-state index contributed by atoms with van der Waals surface area (Å²) in [6.07, 6.45) is 3.72. The standard InChI is InChI=1S/C22H28N2O/c1-25-20-9-7-18(8-10-20)21(15-17-5-3-2-4-6-17)23-22-16-24-13-11-19(22)12-14-24/h2-10,19,21-23H,11-16H2,1H3. The highest BCUT2D eigenvalue weighted by molar-refractivity contribution is 5.30. The molecule has 3 saturated heterocycles. The molecule has 0 spiro atoms. The van der Waals surface area contributed by atoms with Gasteiger partial charge in [-0.05, 0) is 61.5 Å². The topological polar surface area (TPSA) is 24.5 Å². The molecular weight excluding hydrogens is 308 g/mol. The number of nitrogens with zero attached hydrogens (tertiary/aromatic N) is 1. The molecular formula is C22H28N2O. The molecule has 2 unspecified atom stereocenters. The zero-order chi connectivity index (χ0) is 17.1. The summed E-state index contributed by atoms with van der Waals surface area (Å²) in [5, 5.41) is 4.01. The van der Waals surface area contributed by atoms with Crippen molar-refractivity contribution in [3.8, 4) is 5.75 Å². The minimum absolute atomic E-state index is 0.346. The SMILES string of the molecule is COc1ccc(C(Cc2ccccc2)NC2CN3CCC2CC3)cc1. The molecule has 2 aromatic rings. The number of rotatable bonds is 6. The van der Waals surface area contributed by atoms with Crippen LogP contribution in [0, 0.1) is 5.92 Å². The van der Waals surface area contributed by atoms with E-state index in [-0.39, 0.29) is 0 Å². The van der Waals surface area contributed by atoms with E-state index in [0.717, 1.165) is 18.1 Å². The number of nitrogens with one attached hydrogen (secondary N) is 1. The van der Waals surface area contributed by atoms with Gasteiger partial charge in [0.15, 0.2) is 0 Å². The molecule has 1 N–H and O–H groups in total. The number of methoxy groups -OCH3 is 1. The smallest absolute Gasteiger partial charge is 0.118 e. The fourth-order valence-corrected chi connectivity index (χ4v) is 4.37. The Morgan fingerprint density at radius 2 is 1.76 bits per heavy atom. The number of hydrogen-bond acceptors (Lipinski definition) is 3. The molecule has 3 heteroatoms. The van der Waals surface area contributed by atoms with Crippen molar-refractivity contribution in [2.24, 2.45) is 5.92 Å². The highest BCUT2D eigenvalue weighted by atomic mass is 16.5. The third-order valence-corrected chi connectivity index (χ3v) is 5.87. The quantitative estimate of drug-likeness (QED) is 0.871. The van der Waals surface area contributed by atoms with Gasteiger partial charge in [0.25, 0.3) is 0 Å². The van der Waals surface area contributed by atoms with E-state index in [4.69, 9.17) is 4.74 Å². The van der Waals surface area contributed by atoms with Crippen molar-refractivity contribution in [3.05, 3.63) is 65.7 Å². The second kappa shape index (κ2) is 7.59. The van der Waals surface area contributed by atoms with Gasteiger partial charge in [0.2, 0.25) is 0 Å². The molecule has 3 aliphatic rings. The number of hydrogen-bond donors (Lipinski definition) is 1. The summed E-state index contributed by atoms with van der Waals surface area (Å²) in [6, 6.07) is 20.3. The average molecular weight is 336 g/mol. The number of benzene rings is 2. The third kappa shape index (κ3) is 3.88. The van der Waals surface area contributed by atoms with Crippen molar-refractivity contribution in [2.75, 3.05) is 26.7 Å². The van der Waals surface area contributed by atoms with Crippen LogP contribution in [0.3, 0.4) is 0 Å². The maximum Gasteiger partial charge on any atom is 0.118 e. The van der Waals surface area contributed by atoms with E-state index in [1.54, 1.807) is 7.11 Å². The van der Waals surface area contributed by atoms with E-state index in [1.807, 2.05) is 0 Å². The van der Waals surface area contributed by atoms with Crippen LogP contribution in [-0.2, 0) is 6.42 Å². The van der Waals surface area contributed by atoms with Crippen molar-refractivity contribution >= 4 is 0 Å². The molecule has 0 amide bonds. The molecule has 0 aliphatic carbocycles. The number of fused-ring (bicyclic) bond motifs is 3. The molecule has 3 nitrogen and oxygen atoms in total. The van der Waals surface area contributed by atoms with E-state index in [0.29, 0.717) is 12.1 Å². The van der Waals surface area contributed by atoms with Gasteiger partial charge in [-0.3, -0.25) is 0 Å². The van der Waals surface area contributed by atoms with Gasteiger partial charge in [0, 0.05) is 18.6 Å². The van der Waals surface area contributed by atoms with Gasteiger partial charge in [-0.15, -0.1) is 0 Å². The summed E-state index contributed by atoms with van der Waals surface area (Å²) in [4.78, 5) is 2.62. The minimum atomic E-state index is 0.346. The van der Waals surface area contributed by atoms with Gasteiger partial charge in [0.05, 0.1) is 7.11 Å². The van der Waals surface area contributed by atoms with E-state index in [2.05, 4.69) is 64.8 Å². The Kier molecular flexibility index (Phi) is 5.04. The molecule has 0 radical (unpaired) electrons. The lowest BCUT2D eigenvalue weighted by atomic mass is 9.83. The van der Waals surface area contributed by atoms with Crippen LogP contribution in [-0.4, -0.2) is 37.7 Å². The van der Waals surface area contributed by atoms with Gasteiger partial charge in [-0.2, -0.15) is 0 Å². The summed E-state index contributed by atoms with van der Waals surface area (Å²) in [7, 11) is 1.72. The van der Waals surface area contributed by atoms with Gasteiger partial charge in [0.1, 0.15) is 5.75 Å². The Bertz CT molecular complexity index is 662. The first-order valence-electron chi connectivity index (χ1n) is 9.48. The van der Waals surface area contributed by atoms with E-state index in [1.165, 1.54) is 43.6 Å². The fourth-order valence-electron chi connectivity index (χ4n) is 4.37. The Hall–Kier alpha value is -1.84. The second-order valence-corrected chi connectivity index (χ2v) is 7.43. The number of ether oxygens (including phenoxy) is 1. The molecule has 3 aliphatic heterocycles. The van der Waals surface area contributed by atoms with Crippen LogP contribution in [0.15, 0.2) is 54.6 Å². The van der Waals surface area contributed by atoms with Gasteiger partial charge in [-0.25, -0.2) is 0 Å². The highest BCUT2D eigenvalue weighted by Crippen LogP contribution is 2.30. The Labute approximate surface area is 151 Å². The normalized spacial score (nSPS) is 26.4. The molecule has 3 heterocycles. The lowest BCUT2D eigenvalue weighted by molar-refractivity contribution is 0.0669. The summed E-state index contributed by atoms with van der Waals surface area (Å²) in [5.74, 6) is 1.76. The van der Waals surface area contributed by atoms with Crippen molar-refractivity contribution in [1.82, 2.24) is 10.2 Å². The van der Waals surface area contributed by atoms with Crippen LogP contribution in [0.5, 0.6) is 5.75 Å². The van der Waals surface area contributed by atoms with Crippen LogP contribution in [0.4, 0.5) is 0 Å². The number of piperidine rings is 3. The van der Waals surface area contributed by atoms with E-state index >= 15 is 0 Å². The first-order chi connectivity index (χ1) is 12.3. The van der Waals surface area contributed by atoms with Gasteiger partial charge in [-0.1, -0.05) is 42.5 Å². The average Bonchev–Trinajstić information content (AvgIpc) is 2.69. The lowest BCUT2D eigenvalue weighted by Gasteiger charge is -2.46. The van der Waals surface area contributed by atoms with Crippen LogP contribution in [0.2, 0.25) is 0 Å². The van der Waals surface area contributed by atoms with Crippen molar-refractivity contribution in [3.63, 3.8) is 0 Å². The van der Waals surface area contributed by atoms with Crippen LogP contribution in [0.25, 0.3) is 0 Å². The molecule has 2 aromatic carbocycles. The zero-order valence-corrected chi connectivity index (χ0v) is 15.0. The molecule has 0 saturated carbocycles. The van der Waals surface area contributed by atoms with Crippen molar-refractivity contribution in [2.45, 2.75) is 31.3 Å².